The summed E-state index contributed by atoms with van der Waals surface area (Å²) in [6.07, 6.45) is -4.80. The van der Waals surface area contributed by atoms with E-state index < -0.39 is 84.4 Å². The Morgan fingerprint density at radius 3 is 1.46 bits per heavy atom. The second-order valence-electron chi connectivity index (χ2n) is 18.3. The molecular weight excluding hydrogens is 884 g/mol. The molecule has 2 atom stereocenters. The van der Waals surface area contributed by atoms with E-state index in [-0.39, 0.29) is 17.1 Å². The van der Waals surface area contributed by atoms with Gasteiger partial charge in [-0.25, -0.2) is 0 Å². The van der Waals surface area contributed by atoms with Crippen molar-refractivity contribution in [2.75, 3.05) is 6.61 Å². The number of benzene rings is 1. The van der Waals surface area contributed by atoms with Crippen molar-refractivity contribution in [3.8, 4) is 5.75 Å². The molecule has 1 aromatic carbocycles. The molecule has 0 radical (unpaired) electrons. The third kappa shape index (κ3) is 11.7. The van der Waals surface area contributed by atoms with Crippen LogP contribution in [0.25, 0.3) is 0 Å². The first kappa shape index (κ1) is 55.5. The third-order valence-electron chi connectivity index (χ3n) is 11.3. The summed E-state index contributed by atoms with van der Waals surface area (Å²) in [6.45, 7) is 22.8. The van der Waals surface area contributed by atoms with E-state index in [4.69, 9.17) is 8.85 Å². The molecule has 0 saturated carbocycles. The van der Waals surface area contributed by atoms with E-state index in [1.165, 1.54) is 24.3 Å². The minimum atomic E-state index is -8.65. The lowest BCUT2D eigenvalue weighted by molar-refractivity contribution is -0.461. The zero-order valence-electron chi connectivity index (χ0n) is 35.1. The van der Waals surface area contributed by atoms with Crippen molar-refractivity contribution in [1.29, 1.82) is 0 Å². The van der Waals surface area contributed by atoms with E-state index in [1.807, 2.05) is 6.92 Å². The van der Waals surface area contributed by atoms with Crippen LogP contribution in [-0.4, -0.2) is 78.0 Å². The second-order valence-corrected chi connectivity index (χ2v) is 38.8. The Morgan fingerprint density at radius 2 is 1.03 bits per heavy atom. The summed E-state index contributed by atoms with van der Waals surface area (Å²) in [4.78, 5) is 0. The van der Waals surface area contributed by atoms with Gasteiger partial charge in [-0.1, -0.05) is 85.2 Å². The number of ether oxygens (including phenoxy) is 1. The predicted octanol–water partition coefficient (Wildman–Crippen LogP) is 15.4. The maximum absolute atomic E-state index is 14.3. The largest absolute Gasteiger partial charge is 0.493 e. The standard InChI is InChI=1S/C37H57F17O2Si3/c1-12-28(29(3,4)24-25(2)16-14-13-15-23-58(8,9)56-59(10,11)57(5,6)7)26-17-19-27(20-18-26)55-22-21-30(38,39)31(40,41)32(42,43)33(44,45)34(46,47)35(48,49)36(50,51)37(52,53)54/h17-20,25,28H,12-16,21-24H2,1-11H3. The highest BCUT2D eigenvalue weighted by molar-refractivity contribution is 7.38. The van der Waals surface area contributed by atoms with Gasteiger partial charge in [0.25, 0.3) is 0 Å². The summed E-state index contributed by atoms with van der Waals surface area (Å²) in [7, 11) is -4.91. The Balaban J connectivity index is 2.95. The van der Waals surface area contributed by atoms with Gasteiger partial charge in [0.05, 0.1) is 20.6 Å². The average Bonchev–Trinajstić information content (AvgIpc) is 3.03. The van der Waals surface area contributed by atoms with Crippen LogP contribution >= 0.6 is 0 Å². The van der Waals surface area contributed by atoms with Gasteiger partial charge in [-0.3, -0.25) is 0 Å². The van der Waals surface area contributed by atoms with Gasteiger partial charge < -0.3 is 8.85 Å². The molecule has 0 heterocycles. The van der Waals surface area contributed by atoms with Crippen molar-refractivity contribution in [1.82, 2.24) is 0 Å². The average molecular weight is 941 g/mol. The van der Waals surface area contributed by atoms with Crippen LogP contribution in [0, 0.1) is 11.3 Å². The molecule has 0 aromatic heterocycles. The van der Waals surface area contributed by atoms with E-state index in [0.717, 1.165) is 43.7 Å². The molecule has 348 valence electrons. The molecule has 0 aliphatic carbocycles. The molecule has 0 fully saturated rings. The SMILES string of the molecule is CCC(c1ccc(OCCC(F)(F)C(F)(F)C(F)(F)C(F)(F)C(F)(F)C(F)(F)C(F)(F)C(F)(F)F)cc1)C(C)(C)CC(C)CCCCC[Si](C)(C)O[Si](C)(C)[Si](C)(C)C. The van der Waals surface area contributed by atoms with Crippen LogP contribution in [0.4, 0.5) is 74.6 Å². The normalized spacial score (nSPS) is 16.3. The Kier molecular flexibility index (Phi) is 17.2. The Labute approximate surface area is 338 Å². The Morgan fingerprint density at radius 1 is 0.593 bits per heavy atom. The minimum Gasteiger partial charge on any atom is -0.493 e. The summed E-state index contributed by atoms with van der Waals surface area (Å²) < 4.78 is 242. The zero-order chi connectivity index (χ0) is 46.9. The number of rotatable bonds is 24. The number of alkyl halides is 17. The molecule has 2 unspecified atom stereocenters. The first-order valence-electron chi connectivity index (χ1n) is 19.1. The number of unbranched alkanes of at least 4 members (excludes halogenated alkanes) is 2. The summed E-state index contributed by atoms with van der Waals surface area (Å²) in [5.74, 6) is -56.5. The van der Waals surface area contributed by atoms with Crippen LogP contribution in [-0.2, 0) is 4.12 Å². The summed E-state index contributed by atoms with van der Waals surface area (Å²) in [5.41, 5.74) is 0.484. The van der Waals surface area contributed by atoms with Crippen molar-refractivity contribution >= 4 is 23.7 Å². The quantitative estimate of drug-likeness (QED) is 0.0584. The van der Waals surface area contributed by atoms with Gasteiger partial charge in [0.15, 0.2) is 16.2 Å². The van der Waals surface area contributed by atoms with E-state index in [1.54, 1.807) is 0 Å². The lowest BCUT2D eigenvalue weighted by Crippen LogP contribution is -2.74. The molecule has 0 spiro atoms. The molecule has 0 bridgehead atoms. The Bertz CT molecular complexity index is 1490. The molecule has 0 N–H and O–H groups in total. The van der Waals surface area contributed by atoms with Crippen molar-refractivity contribution < 1.29 is 83.5 Å². The maximum Gasteiger partial charge on any atom is 0.460 e. The van der Waals surface area contributed by atoms with Gasteiger partial charge in [-0.2, -0.15) is 74.6 Å². The molecule has 2 nitrogen and oxygen atoms in total. The molecule has 0 aliphatic rings. The predicted molar refractivity (Wildman–Crippen MR) is 201 cm³/mol. The van der Waals surface area contributed by atoms with Gasteiger partial charge in [0, 0.05) is 0 Å². The summed E-state index contributed by atoms with van der Waals surface area (Å²) >= 11 is 0. The lowest BCUT2D eigenvalue weighted by atomic mass is 9.68. The summed E-state index contributed by atoms with van der Waals surface area (Å²) in [6, 6.07) is 6.50. The topological polar surface area (TPSA) is 18.5 Å². The molecular formula is C37H57F17O2Si3. The number of hydrogen-bond acceptors (Lipinski definition) is 2. The van der Waals surface area contributed by atoms with Crippen molar-refractivity contribution in [3.05, 3.63) is 29.8 Å². The van der Waals surface area contributed by atoms with E-state index in [2.05, 4.69) is 66.6 Å². The van der Waals surface area contributed by atoms with Crippen molar-refractivity contribution in [2.45, 2.75) is 178 Å². The highest BCUT2D eigenvalue weighted by atomic mass is 29.3. The van der Waals surface area contributed by atoms with Crippen molar-refractivity contribution in [2.24, 2.45) is 11.3 Å². The van der Waals surface area contributed by atoms with Crippen LogP contribution in [0.3, 0.4) is 0 Å². The fraction of sp³-hybridized carbons (Fsp3) is 0.838. The van der Waals surface area contributed by atoms with Gasteiger partial charge in [0.2, 0.25) is 0 Å². The van der Waals surface area contributed by atoms with Crippen LogP contribution in [0.2, 0.25) is 51.9 Å². The second kappa shape index (κ2) is 18.3. The van der Waals surface area contributed by atoms with Gasteiger partial charge in [0.1, 0.15) is 5.75 Å². The fourth-order valence-corrected chi connectivity index (χ4v) is 20.4. The molecule has 0 aliphatic heterocycles. The van der Waals surface area contributed by atoms with E-state index in [9.17, 15) is 74.6 Å². The van der Waals surface area contributed by atoms with Gasteiger partial charge in [-0.05, 0) is 80.0 Å². The van der Waals surface area contributed by atoms with E-state index >= 15 is 0 Å². The van der Waals surface area contributed by atoms with Crippen LogP contribution in [0.1, 0.15) is 84.1 Å². The molecule has 0 saturated heterocycles. The molecule has 59 heavy (non-hydrogen) atoms. The van der Waals surface area contributed by atoms with Gasteiger partial charge in [-0.15, -0.1) is 0 Å². The number of hydrogen-bond donors (Lipinski definition) is 0. The van der Waals surface area contributed by atoms with Crippen molar-refractivity contribution in [3.63, 3.8) is 0 Å². The first-order chi connectivity index (χ1) is 25.9. The molecule has 1 aromatic rings. The monoisotopic (exact) mass is 940 g/mol. The van der Waals surface area contributed by atoms with Crippen LogP contribution in [0.5, 0.6) is 5.75 Å². The fourth-order valence-electron chi connectivity index (χ4n) is 6.94. The smallest absolute Gasteiger partial charge is 0.460 e. The lowest BCUT2D eigenvalue weighted by Gasteiger charge is -2.42. The maximum atomic E-state index is 14.3. The van der Waals surface area contributed by atoms with Crippen LogP contribution in [0.15, 0.2) is 24.3 Å². The van der Waals surface area contributed by atoms with Crippen LogP contribution < -0.4 is 4.74 Å². The number of halogens is 17. The minimum absolute atomic E-state index is 0.0599. The van der Waals surface area contributed by atoms with Gasteiger partial charge >= 0.3 is 47.6 Å². The third-order valence-corrected chi connectivity index (χ3v) is 32.5. The zero-order valence-corrected chi connectivity index (χ0v) is 38.1. The van der Waals surface area contributed by atoms with E-state index in [0.29, 0.717) is 12.3 Å². The highest BCUT2D eigenvalue weighted by Crippen LogP contribution is 2.64. The highest BCUT2D eigenvalue weighted by Gasteiger charge is 2.95. The summed E-state index contributed by atoms with van der Waals surface area (Å²) in [5, 5.41) is 0. The Hall–Kier alpha value is -1.56. The molecule has 1 rings (SSSR count). The molecule has 22 heteroatoms. The molecule has 0 amide bonds. The first-order valence-corrected chi connectivity index (χ1v) is 29.6.